The van der Waals surface area contributed by atoms with E-state index >= 15 is 0 Å². The average Bonchev–Trinajstić information content (AvgIpc) is 2.88. The van der Waals surface area contributed by atoms with Crippen LogP contribution >= 0.6 is 34.8 Å². The molecule has 0 aliphatic heterocycles. The number of rotatable bonds is 9. The van der Waals surface area contributed by atoms with Crippen molar-refractivity contribution >= 4 is 56.4 Å². The van der Waals surface area contributed by atoms with E-state index in [0.717, 1.165) is 4.31 Å². The molecule has 6 nitrogen and oxygen atoms in total. The average molecular weight is 576 g/mol. The molecule has 0 unspecified atom stereocenters. The molecule has 0 aromatic heterocycles. The molecule has 0 saturated carbocycles. The van der Waals surface area contributed by atoms with E-state index in [-0.39, 0.29) is 16.5 Å². The van der Waals surface area contributed by atoms with Crippen molar-refractivity contribution in [2.75, 3.05) is 11.9 Å². The Morgan fingerprint density at radius 3 is 2.19 bits per heavy atom. The van der Waals surface area contributed by atoms with Gasteiger partial charge in [0, 0.05) is 11.6 Å². The molecule has 0 heterocycles. The number of carbonyl (C=O) groups excluding carboxylic acids is 1. The van der Waals surface area contributed by atoms with E-state index in [9.17, 15) is 13.2 Å². The maximum absolute atomic E-state index is 13.5. The normalized spacial score (nSPS) is 11.4. The quantitative estimate of drug-likeness (QED) is 0.228. The molecule has 0 aliphatic rings. The number of carbonyl (C=O) groups is 1. The zero-order valence-corrected chi connectivity index (χ0v) is 22.4. The first-order valence-corrected chi connectivity index (χ1v) is 13.6. The van der Waals surface area contributed by atoms with Crippen molar-refractivity contribution in [1.82, 2.24) is 4.31 Å². The number of hydrogen-bond acceptors (Lipinski definition) is 4. The molecular formula is C27H21Cl3N2O4S. The molecule has 10 heteroatoms. The smallest absolute Gasteiger partial charge is 0.243 e. The van der Waals surface area contributed by atoms with Gasteiger partial charge in [-0.05, 0) is 66.2 Å². The van der Waals surface area contributed by atoms with E-state index < -0.39 is 22.5 Å². The fraction of sp³-hybridized carbons (Fsp3) is 0.0741. The Kier molecular flexibility index (Phi) is 8.74. The molecule has 0 radical (unpaired) electrons. The number of sulfonamides is 1. The van der Waals surface area contributed by atoms with E-state index in [1.807, 2.05) is 18.2 Å². The van der Waals surface area contributed by atoms with Crippen molar-refractivity contribution in [2.45, 2.75) is 11.4 Å². The highest BCUT2D eigenvalue weighted by atomic mass is 35.5. The van der Waals surface area contributed by atoms with Crippen LogP contribution in [0.5, 0.6) is 11.5 Å². The van der Waals surface area contributed by atoms with Crippen LogP contribution in [0.15, 0.2) is 102 Å². The third-order valence-corrected chi connectivity index (χ3v) is 8.04. The van der Waals surface area contributed by atoms with Crippen LogP contribution in [-0.2, 0) is 21.4 Å². The molecule has 1 amide bonds. The van der Waals surface area contributed by atoms with Gasteiger partial charge in [-0.25, -0.2) is 8.42 Å². The lowest BCUT2D eigenvalue weighted by Gasteiger charge is -2.22. The lowest BCUT2D eigenvalue weighted by Crippen LogP contribution is -2.37. The van der Waals surface area contributed by atoms with Crippen LogP contribution in [-0.4, -0.2) is 25.2 Å². The van der Waals surface area contributed by atoms with Crippen molar-refractivity contribution in [3.05, 3.63) is 118 Å². The second kappa shape index (κ2) is 12.0. The minimum atomic E-state index is -4.08. The van der Waals surface area contributed by atoms with E-state index in [1.165, 1.54) is 24.3 Å². The third kappa shape index (κ3) is 7.03. The van der Waals surface area contributed by atoms with Gasteiger partial charge < -0.3 is 10.1 Å². The first kappa shape index (κ1) is 27.0. The lowest BCUT2D eigenvalue weighted by atomic mass is 10.2. The number of nitrogens with zero attached hydrogens (tertiary/aromatic N) is 1. The maximum Gasteiger partial charge on any atom is 0.243 e. The molecule has 0 spiro atoms. The summed E-state index contributed by atoms with van der Waals surface area (Å²) in [5.74, 6) is 0.455. The Balaban J connectivity index is 1.59. The number of ether oxygens (including phenoxy) is 1. The van der Waals surface area contributed by atoms with Gasteiger partial charge in [0.15, 0.2) is 5.75 Å². The summed E-state index contributed by atoms with van der Waals surface area (Å²) in [4.78, 5) is 13.1. The number of para-hydroxylation sites is 3. The monoisotopic (exact) mass is 574 g/mol. The molecule has 0 atom stereocenters. The van der Waals surface area contributed by atoms with Crippen LogP contribution < -0.4 is 10.1 Å². The molecule has 190 valence electrons. The van der Waals surface area contributed by atoms with Crippen LogP contribution in [0.25, 0.3) is 0 Å². The molecule has 37 heavy (non-hydrogen) atoms. The Morgan fingerprint density at radius 1 is 0.811 bits per heavy atom. The topological polar surface area (TPSA) is 75.7 Å². The van der Waals surface area contributed by atoms with E-state index in [1.54, 1.807) is 54.6 Å². The summed E-state index contributed by atoms with van der Waals surface area (Å²) in [6, 6.07) is 26.5. The predicted molar refractivity (Wildman–Crippen MR) is 147 cm³/mol. The summed E-state index contributed by atoms with van der Waals surface area (Å²) in [6.45, 7) is -0.581. The Labute approximate surface area is 230 Å². The van der Waals surface area contributed by atoms with Crippen molar-refractivity contribution in [2.24, 2.45) is 0 Å². The fourth-order valence-electron chi connectivity index (χ4n) is 3.45. The number of hydrogen-bond donors (Lipinski definition) is 1. The molecule has 1 N–H and O–H groups in total. The summed E-state index contributed by atoms with van der Waals surface area (Å²) in [7, 11) is -4.08. The summed E-state index contributed by atoms with van der Waals surface area (Å²) in [5, 5.41) is 3.77. The molecule has 0 fully saturated rings. The van der Waals surface area contributed by atoms with Gasteiger partial charge >= 0.3 is 0 Å². The van der Waals surface area contributed by atoms with Crippen molar-refractivity contribution < 1.29 is 17.9 Å². The van der Waals surface area contributed by atoms with Gasteiger partial charge in [-0.15, -0.1) is 0 Å². The predicted octanol–water partition coefficient (Wildman–Crippen LogP) is 7.27. The SMILES string of the molecule is O=C(CN(Cc1ccc(Cl)c(Cl)c1)S(=O)(=O)c1ccc(Cl)cc1)Nc1ccccc1Oc1ccccc1. The highest BCUT2D eigenvalue weighted by molar-refractivity contribution is 7.89. The van der Waals surface area contributed by atoms with Gasteiger partial charge in [0.25, 0.3) is 0 Å². The van der Waals surface area contributed by atoms with Crippen molar-refractivity contribution in [3.8, 4) is 11.5 Å². The van der Waals surface area contributed by atoms with Crippen LogP contribution in [0.1, 0.15) is 5.56 Å². The molecule has 4 aromatic rings. The number of halogens is 3. The molecule has 4 rings (SSSR count). The maximum atomic E-state index is 13.5. The second-order valence-corrected chi connectivity index (χ2v) is 11.1. The van der Waals surface area contributed by atoms with Gasteiger partial charge in [0.1, 0.15) is 5.75 Å². The first-order valence-electron chi connectivity index (χ1n) is 11.0. The molecule has 0 bridgehead atoms. The molecule has 4 aromatic carbocycles. The number of nitrogens with one attached hydrogen (secondary N) is 1. The van der Waals surface area contributed by atoms with Gasteiger partial charge in [-0.2, -0.15) is 4.31 Å². The molecule has 0 aliphatic carbocycles. The van der Waals surface area contributed by atoms with Gasteiger partial charge in [0.2, 0.25) is 15.9 Å². The lowest BCUT2D eigenvalue weighted by molar-refractivity contribution is -0.116. The zero-order chi connectivity index (χ0) is 26.4. The Bertz CT molecular complexity index is 1500. The fourth-order valence-corrected chi connectivity index (χ4v) is 5.28. The largest absolute Gasteiger partial charge is 0.455 e. The summed E-state index contributed by atoms with van der Waals surface area (Å²) >= 11 is 18.1. The standard InChI is InChI=1S/C27H21Cl3N2O4S/c28-20-11-13-22(14-12-20)37(34,35)32(17-19-10-15-23(29)24(30)16-19)18-27(33)31-25-8-4-5-9-26(25)36-21-6-2-1-3-7-21/h1-16H,17-18H2,(H,31,33). The first-order chi connectivity index (χ1) is 17.7. The highest BCUT2D eigenvalue weighted by Crippen LogP contribution is 2.30. The summed E-state index contributed by atoms with van der Waals surface area (Å²) in [5.41, 5.74) is 0.960. The summed E-state index contributed by atoms with van der Waals surface area (Å²) in [6.07, 6.45) is 0. The van der Waals surface area contributed by atoms with Gasteiger partial charge in [-0.3, -0.25) is 4.79 Å². The van der Waals surface area contributed by atoms with Crippen LogP contribution in [0.3, 0.4) is 0 Å². The number of benzene rings is 4. The molecule has 0 saturated heterocycles. The van der Waals surface area contributed by atoms with Crippen LogP contribution in [0.2, 0.25) is 15.1 Å². The van der Waals surface area contributed by atoms with Gasteiger partial charge in [0.05, 0.1) is 27.2 Å². The number of anilines is 1. The van der Waals surface area contributed by atoms with E-state index in [2.05, 4.69) is 5.32 Å². The van der Waals surface area contributed by atoms with Crippen molar-refractivity contribution in [3.63, 3.8) is 0 Å². The minimum absolute atomic E-state index is 0.00225. The van der Waals surface area contributed by atoms with E-state index in [0.29, 0.717) is 32.8 Å². The minimum Gasteiger partial charge on any atom is -0.455 e. The molecular weight excluding hydrogens is 555 g/mol. The van der Waals surface area contributed by atoms with Crippen LogP contribution in [0, 0.1) is 0 Å². The second-order valence-electron chi connectivity index (χ2n) is 7.93. The van der Waals surface area contributed by atoms with Gasteiger partial charge in [-0.1, -0.05) is 71.2 Å². The highest BCUT2D eigenvalue weighted by Gasteiger charge is 2.27. The zero-order valence-electron chi connectivity index (χ0n) is 19.3. The van der Waals surface area contributed by atoms with Crippen LogP contribution in [0.4, 0.5) is 5.69 Å². The van der Waals surface area contributed by atoms with E-state index in [4.69, 9.17) is 39.5 Å². The third-order valence-electron chi connectivity index (χ3n) is 5.25. The van der Waals surface area contributed by atoms with Crippen molar-refractivity contribution in [1.29, 1.82) is 0 Å². The Hall–Kier alpha value is -3.07. The Morgan fingerprint density at radius 2 is 1.49 bits per heavy atom. The number of amides is 1. The summed E-state index contributed by atoms with van der Waals surface area (Å²) < 4.78 is 34.0.